The third-order valence-corrected chi connectivity index (χ3v) is 2.89. The van der Waals surface area contributed by atoms with E-state index < -0.39 is 11.6 Å². The second kappa shape index (κ2) is 5.23. The Morgan fingerprint density at radius 1 is 1.00 bits per heavy atom. The highest BCUT2D eigenvalue weighted by Crippen LogP contribution is 2.23. The summed E-state index contributed by atoms with van der Waals surface area (Å²) in [5.41, 5.74) is 2.16. The van der Waals surface area contributed by atoms with Gasteiger partial charge in [0.15, 0.2) is 0 Å². The summed E-state index contributed by atoms with van der Waals surface area (Å²) in [6.07, 6.45) is 3.33. The molecule has 0 saturated carbocycles. The van der Waals surface area contributed by atoms with Gasteiger partial charge < -0.3 is 5.32 Å². The van der Waals surface area contributed by atoms with E-state index in [1.807, 2.05) is 20.0 Å². The van der Waals surface area contributed by atoms with Gasteiger partial charge in [0, 0.05) is 30.1 Å². The largest absolute Gasteiger partial charge is 0.313 e. The third kappa shape index (κ3) is 2.71. The van der Waals surface area contributed by atoms with Crippen LogP contribution in [0.5, 0.6) is 0 Å². The second-order valence-electron chi connectivity index (χ2n) is 4.18. The van der Waals surface area contributed by atoms with E-state index in [0.717, 1.165) is 11.6 Å². The molecule has 0 aliphatic carbocycles. The van der Waals surface area contributed by atoms with E-state index in [1.54, 1.807) is 12.4 Å². The number of halogens is 2. The monoisotopic (exact) mass is 248 g/mol. The van der Waals surface area contributed by atoms with Gasteiger partial charge in [-0.2, -0.15) is 0 Å². The predicted octanol–water partition coefficient (Wildman–Crippen LogP) is 3.31. The Hall–Kier alpha value is -1.81. The van der Waals surface area contributed by atoms with Crippen molar-refractivity contribution < 1.29 is 8.78 Å². The van der Waals surface area contributed by atoms with Crippen molar-refractivity contribution in [3.8, 4) is 11.1 Å². The zero-order chi connectivity index (χ0) is 13.1. The Morgan fingerprint density at radius 3 is 2.28 bits per heavy atom. The van der Waals surface area contributed by atoms with Crippen LogP contribution >= 0.6 is 0 Å². The van der Waals surface area contributed by atoms with Crippen LogP contribution in [-0.2, 0) is 0 Å². The molecule has 0 aliphatic heterocycles. The molecule has 18 heavy (non-hydrogen) atoms. The first kappa shape index (κ1) is 12.6. The molecule has 1 unspecified atom stereocenters. The van der Waals surface area contributed by atoms with Gasteiger partial charge in [-0.3, -0.25) is 4.98 Å². The minimum absolute atomic E-state index is 0.135. The molecule has 94 valence electrons. The molecule has 0 bridgehead atoms. The summed E-state index contributed by atoms with van der Waals surface area (Å²) < 4.78 is 26.3. The number of nitrogens with one attached hydrogen (secondary N) is 1. The molecule has 2 aromatic rings. The Kier molecular flexibility index (Phi) is 3.67. The lowest BCUT2D eigenvalue weighted by molar-refractivity contribution is 0.584. The Labute approximate surface area is 105 Å². The standard InChI is InChI=1S/C14H14F2N2/c1-9(17-2)11-3-12(8-18-7-11)10-4-13(15)6-14(16)5-10/h3-9,17H,1-2H3. The van der Waals surface area contributed by atoms with Crippen molar-refractivity contribution in [3.63, 3.8) is 0 Å². The van der Waals surface area contributed by atoms with Crippen molar-refractivity contribution in [2.45, 2.75) is 13.0 Å². The maximum Gasteiger partial charge on any atom is 0.126 e. The fraction of sp³-hybridized carbons (Fsp3) is 0.214. The van der Waals surface area contributed by atoms with Crippen LogP contribution in [-0.4, -0.2) is 12.0 Å². The molecule has 0 spiro atoms. The molecular weight excluding hydrogens is 234 g/mol. The maximum atomic E-state index is 13.2. The van der Waals surface area contributed by atoms with E-state index in [4.69, 9.17) is 0 Å². The Balaban J connectivity index is 2.44. The zero-order valence-electron chi connectivity index (χ0n) is 10.2. The minimum atomic E-state index is -0.586. The van der Waals surface area contributed by atoms with Gasteiger partial charge in [-0.25, -0.2) is 8.78 Å². The van der Waals surface area contributed by atoms with Gasteiger partial charge in [0.05, 0.1) is 0 Å². The van der Waals surface area contributed by atoms with Crippen LogP contribution in [0.3, 0.4) is 0 Å². The van der Waals surface area contributed by atoms with E-state index in [0.29, 0.717) is 11.1 Å². The van der Waals surface area contributed by atoms with Crippen molar-refractivity contribution in [1.82, 2.24) is 10.3 Å². The Bertz CT molecular complexity index is 535. The molecule has 1 aromatic heterocycles. The maximum absolute atomic E-state index is 13.2. The van der Waals surface area contributed by atoms with Crippen molar-refractivity contribution in [3.05, 3.63) is 53.9 Å². The summed E-state index contributed by atoms with van der Waals surface area (Å²) >= 11 is 0. The zero-order valence-corrected chi connectivity index (χ0v) is 10.2. The van der Waals surface area contributed by atoms with Crippen LogP contribution in [0.1, 0.15) is 18.5 Å². The van der Waals surface area contributed by atoms with Gasteiger partial charge in [0.25, 0.3) is 0 Å². The van der Waals surface area contributed by atoms with Gasteiger partial charge in [0.1, 0.15) is 11.6 Å². The lowest BCUT2D eigenvalue weighted by Crippen LogP contribution is -2.12. The van der Waals surface area contributed by atoms with Crippen molar-refractivity contribution in [2.75, 3.05) is 7.05 Å². The summed E-state index contributed by atoms with van der Waals surface area (Å²) in [5, 5.41) is 3.09. The van der Waals surface area contributed by atoms with Crippen LogP contribution in [0.2, 0.25) is 0 Å². The number of hydrogen-bond acceptors (Lipinski definition) is 2. The molecule has 1 atom stereocenters. The molecule has 1 heterocycles. The van der Waals surface area contributed by atoms with Crippen LogP contribution in [0.4, 0.5) is 8.78 Å². The molecule has 2 nitrogen and oxygen atoms in total. The first-order valence-corrected chi connectivity index (χ1v) is 5.69. The number of pyridine rings is 1. The first-order valence-electron chi connectivity index (χ1n) is 5.69. The molecular formula is C14H14F2N2. The summed E-state index contributed by atoms with van der Waals surface area (Å²) in [4.78, 5) is 4.10. The topological polar surface area (TPSA) is 24.9 Å². The average Bonchev–Trinajstić information content (AvgIpc) is 2.37. The van der Waals surface area contributed by atoms with Crippen LogP contribution in [0.15, 0.2) is 36.7 Å². The number of rotatable bonds is 3. The summed E-state index contributed by atoms with van der Waals surface area (Å²) in [5.74, 6) is -1.17. The van der Waals surface area contributed by atoms with E-state index >= 15 is 0 Å². The number of aromatic nitrogens is 1. The second-order valence-corrected chi connectivity index (χ2v) is 4.18. The number of nitrogens with zero attached hydrogens (tertiary/aromatic N) is 1. The highest BCUT2D eigenvalue weighted by Gasteiger charge is 2.07. The number of benzene rings is 1. The summed E-state index contributed by atoms with van der Waals surface area (Å²) in [6.45, 7) is 1.99. The quantitative estimate of drug-likeness (QED) is 0.901. The molecule has 0 saturated heterocycles. The fourth-order valence-electron chi connectivity index (χ4n) is 1.74. The summed E-state index contributed by atoms with van der Waals surface area (Å²) in [7, 11) is 1.85. The van der Waals surface area contributed by atoms with Gasteiger partial charge in [-0.1, -0.05) is 0 Å². The van der Waals surface area contributed by atoms with Crippen molar-refractivity contribution in [2.24, 2.45) is 0 Å². The van der Waals surface area contributed by atoms with Gasteiger partial charge in [0.2, 0.25) is 0 Å². The van der Waals surface area contributed by atoms with Crippen LogP contribution < -0.4 is 5.32 Å². The molecule has 1 N–H and O–H groups in total. The SMILES string of the molecule is CNC(C)c1cncc(-c2cc(F)cc(F)c2)c1. The highest BCUT2D eigenvalue weighted by atomic mass is 19.1. The van der Waals surface area contributed by atoms with Gasteiger partial charge >= 0.3 is 0 Å². The molecule has 0 fully saturated rings. The lowest BCUT2D eigenvalue weighted by Gasteiger charge is -2.11. The normalized spacial score (nSPS) is 12.4. The molecule has 0 radical (unpaired) electrons. The fourth-order valence-corrected chi connectivity index (χ4v) is 1.74. The predicted molar refractivity (Wildman–Crippen MR) is 67.1 cm³/mol. The van der Waals surface area contributed by atoms with E-state index in [9.17, 15) is 8.78 Å². The number of hydrogen-bond donors (Lipinski definition) is 1. The average molecular weight is 248 g/mol. The third-order valence-electron chi connectivity index (χ3n) is 2.89. The highest BCUT2D eigenvalue weighted by molar-refractivity contribution is 5.63. The van der Waals surface area contributed by atoms with Crippen molar-refractivity contribution in [1.29, 1.82) is 0 Å². The van der Waals surface area contributed by atoms with E-state index in [1.165, 1.54) is 12.1 Å². The Morgan fingerprint density at radius 2 is 1.67 bits per heavy atom. The molecule has 0 amide bonds. The molecule has 1 aromatic carbocycles. The van der Waals surface area contributed by atoms with Gasteiger partial charge in [-0.05, 0) is 43.3 Å². The lowest BCUT2D eigenvalue weighted by atomic mass is 10.0. The molecule has 2 rings (SSSR count). The van der Waals surface area contributed by atoms with Crippen LogP contribution in [0, 0.1) is 11.6 Å². The van der Waals surface area contributed by atoms with E-state index in [2.05, 4.69) is 10.3 Å². The van der Waals surface area contributed by atoms with Gasteiger partial charge in [-0.15, -0.1) is 0 Å². The first-order chi connectivity index (χ1) is 8.60. The van der Waals surface area contributed by atoms with Crippen molar-refractivity contribution >= 4 is 0 Å². The van der Waals surface area contributed by atoms with E-state index in [-0.39, 0.29) is 6.04 Å². The smallest absolute Gasteiger partial charge is 0.126 e. The molecule has 0 aliphatic rings. The van der Waals surface area contributed by atoms with Crippen LogP contribution in [0.25, 0.3) is 11.1 Å². The minimum Gasteiger partial charge on any atom is -0.313 e. The summed E-state index contributed by atoms with van der Waals surface area (Å²) in [6, 6.07) is 5.47. The molecule has 4 heteroatoms.